The molecular weight excluding hydrogens is 878 g/mol. The Kier molecular flexibility index (Phi) is 12.6. The van der Waals surface area contributed by atoms with Crippen molar-refractivity contribution in [1.29, 1.82) is 5.26 Å². The molecule has 3 atom stereocenters. The molecule has 8 rings (SSSR count). The number of hydrogen-bond donors (Lipinski definition) is 2. The number of fused-ring (bicyclic) bond motifs is 2. The number of carboxylic acids is 1. The number of aliphatic carboxylic acids is 1. The van der Waals surface area contributed by atoms with E-state index in [0.29, 0.717) is 49.5 Å². The summed E-state index contributed by atoms with van der Waals surface area (Å²) in [7, 11) is -3.86. The number of nitrogens with zero attached hydrogens (tertiary/aromatic N) is 2. The Hall–Kier alpha value is -6.85. The Labute approximate surface area is 379 Å². The summed E-state index contributed by atoms with van der Waals surface area (Å²) in [4.78, 5) is 42.5. The smallest absolute Gasteiger partial charge is 0.326 e. The maximum absolute atomic E-state index is 14.5. The maximum Gasteiger partial charge on any atom is 0.326 e. The van der Waals surface area contributed by atoms with Crippen LogP contribution in [0.15, 0.2) is 132 Å². The molecule has 0 aromatic heterocycles. The molecule has 1 unspecified atom stereocenters. The zero-order valence-electron chi connectivity index (χ0n) is 34.2. The number of carbonyl (C=O) groups excluding carboxylic acids is 2. The van der Waals surface area contributed by atoms with Crippen LogP contribution < -0.4 is 19.5 Å². The summed E-state index contributed by atoms with van der Waals surface area (Å²) in [6, 6.07) is 35.8. The van der Waals surface area contributed by atoms with Gasteiger partial charge in [0.2, 0.25) is 5.91 Å². The van der Waals surface area contributed by atoms with Gasteiger partial charge in [0.05, 0.1) is 32.1 Å². The van der Waals surface area contributed by atoms with Gasteiger partial charge in [-0.1, -0.05) is 89.9 Å². The van der Waals surface area contributed by atoms with Gasteiger partial charge < -0.3 is 29.5 Å². The van der Waals surface area contributed by atoms with Crippen molar-refractivity contribution in [2.24, 2.45) is 0 Å². The molecule has 15 heteroatoms. The third-order valence-corrected chi connectivity index (χ3v) is 13.0. The minimum Gasteiger partial charge on any atom is -0.489 e. The summed E-state index contributed by atoms with van der Waals surface area (Å²) in [5.41, 5.74) is 5.78. The van der Waals surface area contributed by atoms with Crippen LogP contribution in [0, 0.1) is 11.3 Å². The van der Waals surface area contributed by atoms with Gasteiger partial charge in [0, 0.05) is 25.6 Å². The largest absolute Gasteiger partial charge is 0.489 e. The predicted octanol–water partition coefficient (Wildman–Crippen LogP) is 8.41. The fourth-order valence-corrected chi connectivity index (χ4v) is 8.93. The lowest BCUT2D eigenvalue weighted by molar-refractivity contribution is -0.142. The highest BCUT2D eigenvalue weighted by atomic mass is 35.5. The van der Waals surface area contributed by atoms with E-state index in [4.69, 9.17) is 42.7 Å². The van der Waals surface area contributed by atoms with Crippen LogP contribution >= 0.6 is 23.2 Å². The summed E-state index contributed by atoms with van der Waals surface area (Å²) in [6.45, 7) is 0.350. The Morgan fingerprint density at radius 1 is 0.859 bits per heavy atom. The quantitative estimate of drug-likeness (QED) is 0.121. The molecule has 324 valence electrons. The lowest BCUT2D eigenvalue weighted by atomic mass is 9.91. The average Bonchev–Trinajstić information content (AvgIpc) is 3.30. The number of amides is 2. The number of carbonyl (C=O) groups is 3. The monoisotopic (exact) mass is 915 g/mol. The molecule has 0 bridgehead atoms. The fraction of sp³-hybridized carbons (Fsp3) is 0.184. The van der Waals surface area contributed by atoms with Gasteiger partial charge in [-0.2, -0.15) is 5.26 Å². The van der Waals surface area contributed by atoms with Crippen molar-refractivity contribution < 1.29 is 42.1 Å². The Balaban J connectivity index is 1.02. The number of ether oxygens (including phenoxy) is 3. The number of rotatable bonds is 12. The van der Waals surface area contributed by atoms with Gasteiger partial charge >= 0.3 is 5.97 Å². The third-order valence-electron chi connectivity index (χ3n) is 11.1. The highest BCUT2D eigenvalue weighted by Crippen LogP contribution is 2.41. The minimum absolute atomic E-state index is 0.0245. The molecule has 6 aromatic rings. The van der Waals surface area contributed by atoms with Crippen LogP contribution in [0.3, 0.4) is 0 Å². The Bertz CT molecular complexity index is 2920. The number of nitrogens with one attached hydrogen (secondary N) is 1. The van der Waals surface area contributed by atoms with E-state index in [0.717, 1.165) is 28.5 Å². The second-order valence-corrected chi connectivity index (χ2v) is 18.3. The van der Waals surface area contributed by atoms with Crippen molar-refractivity contribution in [2.75, 3.05) is 12.9 Å². The van der Waals surface area contributed by atoms with Gasteiger partial charge in [0.1, 0.15) is 31.0 Å². The van der Waals surface area contributed by atoms with Gasteiger partial charge in [-0.25, -0.2) is 13.2 Å². The van der Waals surface area contributed by atoms with E-state index in [2.05, 4.69) is 11.4 Å². The van der Waals surface area contributed by atoms with E-state index < -0.39 is 45.8 Å². The number of benzene rings is 6. The van der Waals surface area contributed by atoms with Gasteiger partial charge in [-0.15, -0.1) is 0 Å². The van der Waals surface area contributed by atoms with E-state index in [1.54, 1.807) is 48.5 Å². The van der Waals surface area contributed by atoms with E-state index >= 15 is 0 Å². The molecule has 0 fully saturated rings. The SMILES string of the molecule is CS(=O)(=O)c1ccccc1C(=O)N1Cc2cc3c(cc2CC1C(=O)N[C@@H](Cc1ccc(-c2ccc(C#N)cc2)cc1)C(=O)O)OC[C@H](c1ccc(OCc2ccc(Cl)c(Cl)c2)cc1)O3. The van der Waals surface area contributed by atoms with Crippen molar-refractivity contribution in [3.63, 3.8) is 0 Å². The molecule has 2 N–H and O–H groups in total. The van der Waals surface area contributed by atoms with Gasteiger partial charge in [0.15, 0.2) is 27.4 Å². The molecular formula is C49H39Cl2N3O9S. The zero-order valence-corrected chi connectivity index (χ0v) is 36.5. The van der Waals surface area contributed by atoms with Crippen LogP contribution in [-0.4, -0.2) is 61.2 Å². The number of sulfone groups is 1. The normalized spacial score (nSPS) is 15.9. The van der Waals surface area contributed by atoms with Crippen molar-refractivity contribution >= 4 is 50.8 Å². The lowest BCUT2D eigenvalue weighted by Gasteiger charge is -2.38. The molecule has 6 aromatic carbocycles. The highest BCUT2D eigenvalue weighted by molar-refractivity contribution is 7.90. The van der Waals surface area contributed by atoms with E-state index in [1.807, 2.05) is 54.6 Å². The van der Waals surface area contributed by atoms with Crippen LogP contribution in [-0.2, 0) is 45.4 Å². The molecule has 2 aliphatic heterocycles. The maximum atomic E-state index is 14.5. The lowest BCUT2D eigenvalue weighted by Crippen LogP contribution is -2.56. The molecule has 64 heavy (non-hydrogen) atoms. The number of nitriles is 1. The van der Waals surface area contributed by atoms with E-state index in [-0.39, 0.29) is 43.1 Å². The summed E-state index contributed by atoms with van der Waals surface area (Å²) in [6.07, 6.45) is 0.429. The average molecular weight is 917 g/mol. The van der Waals surface area contributed by atoms with Gasteiger partial charge in [-0.05, 0) is 99.6 Å². The van der Waals surface area contributed by atoms with Crippen LogP contribution in [0.1, 0.15) is 49.8 Å². The summed E-state index contributed by atoms with van der Waals surface area (Å²) >= 11 is 12.2. The standard InChI is InChI=1S/C49H39Cl2N3O9S/c1-64(59,60)46-5-3-2-4-38(46)48(56)54-26-36-24-44-43(62-28-45(63-44)34-15-17-37(18-16-34)61-27-31-10-19-39(50)40(51)20-31)23-35(36)22-42(54)47(55)53-41(49(57)58)21-29-6-11-32(12-7-29)33-13-8-30(25-52)9-14-33/h2-20,23-24,41-42,45H,21-22,26-28H2,1H3,(H,53,55)(H,57,58)/t41-,42?,45+/m0/s1. The molecule has 0 radical (unpaired) electrons. The highest BCUT2D eigenvalue weighted by Gasteiger charge is 2.39. The number of halogens is 2. The van der Waals surface area contributed by atoms with Crippen LogP contribution in [0.25, 0.3) is 11.1 Å². The first-order valence-electron chi connectivity index (χ1n) is 20.1. The first-order valence-corrected chi connectivity index (χ1v) is 22.7. The Morgan fingerprint density at radius 3 is 2.20 bits per heavy atom. The fourth-order valence-electron chi connectivity index (χ4n) is 7.73. The van der Waals surface area contributed by atoms with Crippen LogP contribution in [0.5, 0.6) is 17.2 Å². The summed E-state index contributed by atoms with van der Waals surface area (Å²) in [5, 5.41) is 23.0. The number of hydrogen-bond acceptors (Lipinski definition) is 9. The molecule has 2 amide bonds. The third kappa shape index (κ3) is 9.70. The van der Waals surface area contributed by atoms with E-state index in [9.17, 15) is 27.9 Å². The van der Waals surface area contributed by atoms with E-state index in [1.165, 1.54) is 29.2 Å². The molecule has 0 saturated carbocycles. The van der Waals surface area contributed by atoms with Gasteiger partial charge in [-0.3, -0.25) is 9.59 Å². The van der Waals surface area contributed by atoms with Crippen molar-refractivity contribution in [3.05, 3.63) is 176 Å². The van der Waals surface area contributed by atoms with Gasteiger partial charge in [0.25, 0.3) is 5.91 Å². The zero-order chi connectivity index (χ0) is 45.1. The summed E-state index contributed by atoms with van der Waals surface area (Å²) in [5.74, 6) is -1.24. The van der Waals surface area contributed by atoms with Crippen molar-refractivity contribution in [2.45, 2.75) is 49.1 Å². The topological polar surface area (TPSA) is 172 Å². The molecule has 12 nitrogen and oxygen atoms in total. The molecule has 2 aliphatic rings. The minimum atomic E-state index is -3.86. The second kappa shape index (κ2) is 18.5. The Morgan fingerprint density at radius 2 is 1.53 bits per heavy atom. The van der Waals surface area contributed by atoms with Crippen LogP contribution in [0.2, 0.25) is 10.0 Å². The molecule has 0 aliphatic carbocycles. The first-order chi connectivity index (χ1) is 30.7. The predicted molar refractivity (Wildman–Crippen MR) is 239 cm³/mol. The molecule has 0 saturated heterocycles. The van der Waals surface area contributed by atoms with Crippen molar-refractivity contribution in [1.82, 2.24) is 10.2 Å². The second-order valence-electron chi connectivity index (χ2n) is 15.5. The summed E-state index contributed by atoms with van der Waals surface area (Å²) < 4.78 is 44.3. The first kappa shape index (κ1) is 43.8. The number of carboxylic acid groups (broad SMARTS) is 1. The molecule has 2 heterocycles. The van der Waals surface area contributed by atoms with Crippen molar-refractivity contribution in [3.8, 4) is 34.4 Å². The molecule has 0 spiro atoms. The van der Waals surface area contributed by atoms with Crippen LogP contribution in [0.4, 0.5) is 0 Å².